The zero-order valence-corrected chi connectivity index (χ0v) is 91.0. The van der Waals surface area contributed by atoms with Gasteiger partial charge >= 0.3 is 0 Å². The van der Waals surface area contributed by atoms with Gasteiger partial charge in [0.2, 0.25) is 0 Å². The maximum absolute atomic E-state index is 5.75. The average molecular weight is 1960 g/mol. The van der Waals surface area contributed by atoms with Gasteiger partial charge in [-0.05, 0) is 301 Å². The number of methoxy groups -OCH3 is 3. The third kappa shape index (κ3) is 58.4. The summed E-state index contributed by atoms with van der Waals surface area (Å²) in [6.45, 7) is 66.7. The molecule has 14 rings (SSSR count). The number of hydrogen-bond donors (Lipinski definition) is 0. The topological polar surface area (TPSA) is 146 Å². The Bertz CT molecular complexity index is 4000. The average Bonchev–Trinajstić information content (AvgIpc) is 0.851. The van der Waals surface area contributed by atoms with Gasteiger partial charge in [0.05, 0.1) is 66.1 Å². The van der Waals surface area contributed by atoms with Gasteiger partial charge in [0, 0.05) is 203 Å². The van der Waals surface area contributed by atoms with Crippen molar-refractivity contribution in [1.29, 1.82) is 0 Å². The number of aryl methyl sites for hydroxylation is 7. The van der Waals surface area contributed by atoms with Crippen LogP contribution in [0.3, 0.4) is 0 Å². The summed E-state index contributed by atoms with van der Waals surface area (Å²) in [5.74, 6) is 7.58. The Morgan fingerprint density at radius 2 is 0.475 bits per heavy atom. The number of benzene rings is 7. The van der Waals surface area contributed by atoms with Gasteiger partial charge in [0.25, 0.3) is 0 Å². The molecule has 0 radical (unpaired) electrons. The highest BCUT2D eigenvalue weighted by molar-refractivity contribution is 5.49. The van der Waals surface area contributed by atoms with Crippen LogP contribution in [0.1, 0.15) is 143 Å². The highest BCUT2D eigenvalue weighted by Gasteiger charge is 2.22. The second kappa shape index (κ2) is 76.1. The van der Waals surface area contributed by atoms with Crippen molar-refractivity contribution >= 4 is 11.4 Å². The molecule has 0 bridgehead atoms. The predicted molar refractivity (Wildman–Crippen MR) is 588 cm³/mol. The number of ether oxygens (including phenoxy) is 12. The zero-order valence-electron chi connectivity index (χ0n) is 91.0. The number of piperidine rings is 3. The summed E-state index contributed by atoms with van der Waals surface area (Å²) < 4.78 is 65.6. The van der Waals surface area contributed by atoms with E-state index in [9.17, 15) is 0 Å². The van der Waals surface area contributed by atoms with Crippen LogP contribution in [0.5, 0.6) is 28.7 Å². The van der Waals surface area contributed by atoms with Crippen LogP contribution in [0.25, 0.3) is 0 Å². The predicted octanol–water partition coefficient (Wildman–Crippen LogP) is 19.1. The first-order valence-electron chi connectivity index (χ1n) is 53.9. The van der Waals surface area contributed by atoms with Crippen LogP contribution < -0.4 is 33.5 Å². The van der Waals surface area contributed by atoms with Crippen LogP contribution in [-0.2, 0) is 33.2 Å². The molecule has 792 valence electrons. The minimum absolute atomic E-state index is 0.675. The van der Waals surface area contributed by atoms with Gasteiger partial charge in [-0.1, -0.05) is 139 Å². The molecule has 23 heteroatoms. The molecule has 0 N–H and O–H groups in total. The Balaban J connectivity index is 0.000000219. The van der Waals surface area contributed by atoms with Crippen LogP contribution in [0.4, 0.5) is 11.4 Å². The first-order valence-corrected chi connectivity index (χ1v) is 53.9. The lowest BCUT2D eigenvalue weighted by Gasteiger charge is -2.36. The number of piperazine rings is 4. The largest absolute Gasteiger partial charge is 0.494 e. The van der Waals surface area contributed by atoms with Crippen molar-refractivity contribution in [2.45, 2.75) is 153 Å². The molecule has 7 heterocycles. The molecular weight excluding hydrogens is 1760 g/mol. The van der Waals surface area contributed by atoms with E-state index in [2.05, 4.69) is 253 Å². The van der Waals surface area contributed by atoms with E-state index in [1.165, 1.54) is 193 Å². The molecule has 7 fully saturated rings. The Kier molecular flexibility index (Phi) is 65.0. The molecule has 7 saturated heterocycles. The lowest BCUT2D eigenvalue weighted by atomic mass is 9.99. The lowest BCUT2D eigenvalue weighted by Crippen LogP contribution is -2.47. The first kappa shape index (κ1) is 120. The molecule has 0 aliphatic carbocycles. The zero-order chi connectivity index (χ0) is 101. The molecule has 0 saturated carbocycles. The van der Waals surface area contributed by atoms with E-state index in [1.807, 2.05) is 60.7 Å². The summed E-state index contributed by atoms with van der Waals surface area (Å²) in [5, 5.41) is 0. The summed E-state index contributed by atoms with van der Waals surface area (Å²) in [4.78, 5) is 27.1. The quantitative estimate of drug-likeness (QED) is 0.0333. The number of anilines is 2. The molecule has 7 aromatic rings. The van der Waals surface area contributed by atoms with Crippen molar-refractivity contribution in [2.75, 3.05) is 341 Å². The molecule has 23 nitrogen and oxygen atoms in total. The van der Waals surface area contributed by atoms with Gasteiger partial charge in [-0.3, -0.25) is 14.7 Å². The summed E-state index contributed by atoms with van der Waals surface area (Å²) in [7, 11) is 11.7. The van der Waals surface area contributed by atoms with Gasteiger partial charge in [-0.15, -0.1) is 0 Å². The van der Waals surface area contributed by atoms with Crippen LogP contribution in [-0.4, -0.2) is 376 Å². The van der Waals surface area contributed by atoms with Crippen molar-refractivity contribution in [2.24, 2.45) is 17.8 Å². The minimum atomic E-state index is 0.675. The highest BCUT2D eigenvalue weighted by atomic mass is 16.5. The van der Waals surface area contributed by atoms with Crippen molar-refractivity contribution in [1.82, 2.24) is 44.1 Å². The number of hydrogen-bond acceptors (Lipinski definition) is 23. The maximum Gasteiger partial charge on any atom is 0.119 e. The Morgan fingerprint density at radius 3 is 0.830 bits per heavy atom. The number of nitrogens with zero attached hydrogens (tertiary/aromatic N) is 11. The third-order valence-electron chi connectivity index (χ3n) is 27.1. The van der Waals surface area contributed by atoms with Gasteiger partial charge in [0.1, 0.15) is 42.0 Å². The van der Waals surface area contributed by atoms with Crippen LogP contribution in [0.2, 0.25) is 0 Å². The second-order valence-electron chi connectivity index (χ2n) is 39.9. The highest BCUT2D eigenvalue weighted by Crippen LogP contribution is 2.24. The Hall–Kier alpha value is -7.50. The van der Waals surface area contributed by atoms with Crippen molar-refractivity contribution in [3.63, 3.8) is 0 Å². The fourth-order valence-electron chi connectivity index (χ4n) is 16.9. The fourth-order valence-corrected chi connectivity index (χ4v) is 16.9. The van der Waals surface area contributed by atoms with Crippen molar-refractivity contribution in [3.05, 3.63) is 209 Å². The molecule has 0 unspecified atom stereocenters. The summed E-state index contributed by atoms with van der Waals surface area (Å²) in [6, 6.07) is 58.8. The Morgan fingerprint density at radius 1 is 0.213 bits per heavy atom. The molecule has 0 spiro atoms. The van der Waals surface area contributed by atoms with Crippen molar-refractivity contribution < 1.29 is 56.8 Å². The summed E-state index contributed by atoms with van der Waals surface area (Å²) in [6.07, 6.45) is 15.7. The Labute approximate surface area is 856 Å². The molecule has 7 aliphatic rings. The molecule has 141 heavy (non-hydrogen) atoms. The number of likely N-dealkylation sites (tertiary alicyclic amines) is 3. The molecule has 0 aromatic heterocycles. The van der Waals surface area contributed by atoms with E-state index in [1.54, 1.807) is 21.3 Å². The van der Waals surface area contributed by atoms with E-state index in [-0.39, 0.29) is 0 Å². The molecule has 7 aliphatic heterocycles. The van der Waals surface area contributed by atoms with Crippen LogP contribution in [0.15, 0.2) is 170 Å². The maximum atomic E-state index is 5.75. The third-order valence-corrected chi connectivity index (χ3v) is 27.1. The molecule has 7 aromatic carbocycles. The van der Waals surface area contributed by atoms with E-state index in [0.717, 1.165) is 250 Å². The molecular formula is C118H193N11O12. The van der Waals surface area contributed by atoms with Gasteiger partial charge in [-0.2, -0.15) is 0 Å². The standard InChI is InChI=1S/C18H22O2.C16H26N2O2.C15H24N2O.C15H23NO.C14H22N2O.C14H29NO3.C14H29NO2.C12H18N2/c1-15-8-10-17(11-9-15)19-12-3-4-13-20-18-7-5-6-16(2)14-18;1-15-3-5-16(6-4-15)18-9-7-17(8-10-18)11-12-20-14-13-19-2;1-14-4-6-15(7-5-14)18-13-3-8-17-11-9-16(2)10-12-17;1-13-3-5-15(6-4-13)17-12-11-16-9-7-14(2)8-10-16;1-13-3-5-14(6-4-13)17-12-11-16-9-7-15(2)8-10-16;1-14-4-6-15(7-5-14)8-11-17-9-3-10-18-13-12-16-2;1-14-6-8-15(9-7-14)10-13-17-12-5-3-4-11-16-2;1-11-3-5-12(6-4-11)14-9-7-13(2)8-10-14/h5-11,14H,3-4,12-13H2,1-2H3;3-6H,7-14H2,1-2H3;4-7H,3,8-13H2,1-2H3;3-6,14H,7-12H2,1-2H3;3-6H,7-12H2,1-2H3;14H,3-13H2,1-2H3;14H,3-13H2,1-2H3;3-6H,7-10H2,1-2H3. The number of rotatable bonds is 47. The van der Waals surface area contributed by atoms with Gasteiger partial charge in [0.15, 0.2) is 0 Å². The van der Waals surface area contributed by atoms with Gasteiger partial charge in [-0.25, -0.2) is 0 Å². The SMILES string of the molecule is COCCCCCOCCN1CCC(C)CC1.COCCOCCCOCCN1CCC(C)CC1.COCCOCCN1CCN(c2ccc(C)cc2)CC1.Cc1ccc(N2CCN(C)CC2)cc1.Cc1ccc(OCCCCOc2cccc(C)c2)cc1.Cc1ccc(OCCCN2CCN(C)CC2)cc1.Cc1ccc(OCCN2CCC(C)CC2)cc1.Cc1ccc(OCCN2CCN(C)CC2)cc1. The van der Waals surface area contributed by atoms with E-state index < -0.39 is 0 Å². The smallest absolute Gasteiger partial charge is 0.119 e. The molecule has 0 atom stereocenters. The molecule has 0 amide bonds. The van der Waals surface area contributed by atoms with E-state index >= 15 is 0 Å². The minimum Gasteiger partial charge on any atom is -0.494 e. The van der Waals surface area contributed by atoms with Crippen LogP contribution in [0, 0.1) is 66.2 Å². The van der Waals surface area contributed by atoms with E-state index in [4.69, 9.17) is 56.8 Å². The van der Waals surface area contributed by atoms with Gasteiger partial charge < -0.3 is 96.0 Å². The second-order valence-corrected chi connectivity index (χ2v) is 39.9. The lowest BCUT2D eigenvalue weighted by molar-refractivity contribution is 0.0449. The number of unbranched alkanes of at least 4 members (excludes halogenated alkanes) is 3. The van der Waals surface area contributed by atoms with E-state index in [0.29, 0.717) is 26.4 Å². The normalized spacial score (nSPS) is 16.9. The summed E-state index contributed by atoms with van der Waals surface area (Å²) >= 11 is 0. The monoisotopic (exact) mass is 1960 g/mol. The van der Waals surface area contributed by atoms with Crippen LogP contribution >= 0.6 is 0 Å². The first-order chi connectivity index (χ1) is 68.6. The summed E-state index contributed by atoms with van der Waals surface area (Å²) in [5.41, 5.74) is 11.7. The number of likely N-dealkylation sites (N-methyl/N-ethyl adjacent to an activating group) is 3. The fraction of sp³-hybridized carbons (Fsp3) is 0.644. The van der Waals surface area contributed by atoms with Crippen molar-refractivity contribution in [3.8, 4) is 28.7 Å².